The van der Waals surface area contributed by atoms with Crippen LogP contribution in [0.3, 0.4) is 0 Å². The minimum Gasteiger partial charge on any atom is -0.334 e. The van der Waals surface area contributed by atoms with E-state index in [9.17, 15) is 4.79 Å². The molecule has 25 heavy (non-hydrogen) atoms. The third-order valence-electron chi connectivity index (χ3n) is 5.79. The molecule has 1 aromatic carbocycles. The molecule has 1 aromatic heterocycles. The van der Waals surface area contributed by atoms with Gasteiger partial charge in [-0.3, -0.25) is 9.78 Å². The lowest BCUT2D eigenvalue weighted by atomic mass is 9.70. The average Bonchev–Trinajstić information content (AvgIpc) is 3.08. The van der Waals surface area contributed by atoms with Gasteiger partial charge in [0.05, 0.1) is 11.7 Å². The minimum atomic E-state index is 0.178. The van der Waals surface area contributed by atoms with Gasteiger partial charge in [-0.05, 0) is 62.1 Å². The van der Waals surface area contributed by atoms with Gasteiger partial charge in [0.25, 0.3) is 0 Å². The number of hydrogen-bond acceptors (Lipinski definition) is 2. The van der Waals surface area contributed by atoms with Crippen LogP contribution in [0.4, 0.5) is 0 Å². The Morgan fingerprint density at radius 2 is 1.92 bits per heavy atom. The van der Waals surface area contributed by atoms with Gasteiger partial charge in [0.2, 0.25) is 5.91 Å². The van der Waals surface area contributed by atoms with Crippen LogP contribution in [0.2, 0.25) is 0 Å². The van der Waals surface area contributed by atoms with Crippen LogP contribution >= 0.6 is 0 Å². The Kier molecular flexibility index (Phi) is 4.56. The van der Waals surface area contributed by atoms with Crippen molar-refractivity contribution >= 4 is 5.91 Å². The van der Waals surface area contributed by atoms with Crippen LogP contribution in [0.15, 0.2) is 48.5 Å². The van der Waals surface area contributed by atoms with Crippen molar-refractivity contribution in [2.24, 2.45) is 5.92 Å². The van der Waals surface area contributed by atoms with Gasteiger partial charge in [-0.25, -0.2) is 0 Å². The Morgan fingerprint density at radius 1 is 1.12 bits per heavy atom. The number of aryl methyl sites for hydroxylation is 1. The molecule has 1 atom stereocenters. The van der Waals surface area contributed by atoms with Crippen molar-refractivity contribution in [3.05, 3.63) is 65.5 Å². The van der Waals surface area contributed by atoms with Gasteiger partial charge >= 0.3 is 0 Å². The Morgan fingerprint density at radius 3 is 2.68 bits per heavy atom. The lowest BCUT2D eigenvalue weighted by Crippen LogP contribution is -2.34. The molecule has 0 spiro atoms. The molecule has 1 amide bonds. The van der Waals surface area contributed by atoms with Crippen molar-refractivity contribution in [2.45, 2.75) is 51.0 Å². The largest absolute Gasteiger partial charge is 0.334 e. The third kappa shape index (κ3) is 3.46. The molecule has 1 aliphatic carbocycles. The summed E-state index contributed by atoms with van der Waals surface area (Å²) in [5.74, 6) is 1.51. The molecule has 130 valence electrons. The first-order chi connectivity index (χ1) is 12.2. The van der Waals surface area contributed by atoms with E-state index in [0.29, 0.717) is 24.2 Å². The average molecular weight is 334 g/mol. The number of carbonyl (C=O) groups excluding carboxylic acids is 1. The lowest BCUT2D eigenvalue weighted by Gasteiger charge is -2.37. The number of pyridine rings is 1. The Balaban J connectivity index is 1.35. The van der Waals surface area contributed by atoms with E-state index in [2.05, 4.69) is 52.3 Å². The topological polar surface area (TPSA) is 33.2 Å². The van der Waals surface area contributed by atoms with Crippen LogP contribution in [-0.4, -0.2) is 22.3 Å². The maximum absolute atomic E-state index is 12.9. The van der Waals surface area contributed by atoms with Crippen molar-refractivity contribution in [3.63, 3.8) is 0 Å². The highest BCUT2D eigenvalue weighted by Crippen LogP contribution is 2.44. The summed E-state index contributed by atoms with van der Waals surface area (Å²) in [6.45, 7) is 2.90. The highest BCUT2D eigenvalue weighted by atomic mass is 16.2. The first-order valence-corrected chi connectivity index (χ1v) is 9.48. The molecular weight excluding hydrogens is 308 g/mol. The van der Waals surface area contributed by atoms with Gasteiger partial charge in [-0.2, -0.15) is 0 Å². The number of aromatic nitrogens is 1. The van der Waals surface area contributed by atoms with E-state index < -0.39 is 0 Å². The number of hydrogen-bond donors (Lipinski definition) is 0. The molecular formula is C22H26N2O. The summed E-state index contributed by atoms with van der Waals surface area (Å²) in [4.78, 5) is 19.6. The number of carbonyl (C=O) groups is 1. The second-order valence-electron chi connectivity index (χ2n) is 7.60. The van der Waals surface area contributed by atoms with Gasteiger partial charge in [0.15, 0.2) is 0 Å². The summed E-state index contributed by atoms with van der Waals surface area (Å²) in [6, 6.07) is 17.0. The first-order valence-electron chi connectivity index (χ1n) is 9.48. The predicted octanol–water partition coefficient (Wildman–Crippen LogP) is 4.64. The minimum absolute atomic E-state index is 0.178. The van der Waals surface area contributed by atoms with Crippen LogP contribution < -0.4 is 0 Å². The van der Waals surface area contributed by atoms with E-state index in [4.69, 9.17) is 0 Å². The summed E-state index contributed by atoms with van der Waals surface area (Å²) in [6.07, 6.45) is 5.13. The number of likely N-dealkylation sites (tertiary alicyclic amines) is 1. The summed E-state index contributed by atoms with van der Waals surface area (Å²) >= 11 is 0. The molecule has 2 fully saturated rings. The maximum atomic E-state index is 12.9. The van der Waals surface area contributed by atoms with Crippen LogP contribution in [0, 0.1) is 12.8 Å². The van der Waals surface area contributed by atoms with Gasteiger partial charge < -0.3 is 4.90 Å². The van der Waals surface area contributed by atoms with Crippen LogP contribution in [0.25, 0.3) is 0 Å². The van der Waals surface area contributed by atoms with E-state index >= 15 is 0 Å². The van der Waals surface area contributed by atoms with Crippen LogP contribution in [0.1, 0.15) is 61.0 Å². The quantitative estimate of drug-likeness (QED) is 0.816. The fraction of sp³-hybridized carbons (Fsp3) is 0.455. The highest BCUT2D eigenvalue weighted by Gasteiger charge is 2.36. The second kappa shape index (κ2) is 6.99. The number of rotatable bonds is 4. The molecule has 0 unspecified atom stereocenters. The zero-order valence-corrected chi connectivity index (χ0v) is 14.9. The van der Waals surface area contributed by atoms with Crippen LogP contribution in [-0.2, 0) is 4.79 Å². The maximum Gasteiger partial charge on any atom is 0.223 e. The van der Waals surface area contributed by atoms with Crippen LogP contribution in [0.5, 0.6) is 0 Å². The van der Waals surface area contributed by atoms with Gasteiger partial charge in [0.1, 0.15) is 0 Å². The molecule has 1 aliphatic heterocycles. The zero-order valence-electron chi connectivity index (χ0n) is 14.9. The molecule has 3 heteroatoms. The van der Waals surface area contributed by atoms with Crippen molar-refractivity contribution in [3.8, 4) is 0 Å². The SMILES string of the molecule is Cc1cccc([C@H]2CCCN2C(=O)CC2CC(c3ccccc3)C2)n1. The van der Waals surface area contributed by atoms with Gasteiger partial charge in [-0.1, -0.05) is 36.4 Å². The molecule has 1 saturated carbocycles. The molecule has 2 aliphatic rings. The van der Waals surface area contributed by atoms with Crippen molar-refractivity contribution in [1.82, 2.24) is 9.88 Å². The number of amides is 1. The fourth-order valence-electron chi connectivity index (χ4n) is 4.39. The molecule has 0 radical (unpaired) electrons. The van der Waals surface area contributed by atoms with E-state index in [1.807, 2.05) is 13.0 Å². The Labute approximate surface area is 150 Å². The second-order valence-corrected chi connectivity index (χ2v) is 7.60. The van der Waals surface area contributed by atoms with Crippen molar-refractivity contribution < 1.29 is 4.79 Å². The fourth-order valence-corrected chi connectivity index (χ4v) is 4.39. The zero-order chi connectivity index (χ0) is 17.2. The predicted molar refractivity (Wildman–Crippen MR) is 99.2 cm³/mol. The summed E-state index contributed by atoms with van der Waals surface area (Å²) in [5, 5.41) is 0. The lowest BCUT2D eigenvalue weighted by molar-refractivity contribution is -0.134. The molecule has 3 nitrogen and oxygen atoms in total. The smallest absolute Gasteiger partial charge is 0.223 e. The number of benzene rings is 1. The van der Waals surface area contributed by atoms with Crippen molar-refractivity contribution in [2.75, 3.05) is 6.54 Å². The molecule has 0 N–H and O–H groups in total. The van der Waals surface area contributed by atoms with E-state index in [1.165, 1.54) is 5.56 Å². The number of nitrogens with zero attached hydrogens (tertiary/aromatic N) is 2. The standard InChI is InChI=1S/C22H26N2O/c1-16-7-5-10-20(23-16)21-11-6-12-24(21)22(25)15-17-13-19(14-17)18-8-3-2-4-9-18/h2-5,7-10,17,19,21H,6,11-15H2,1H3/t17?,19?,21-/m1/s1. The monoisotopic (exact) mass is 334 g/mol. The normalized spacial score (nSPS) is 25.6. The molecule has 4 rings (SSSR count). The summed E-state index contributed by atoms with van der Waals surface area (Å²) in [5.41, 5.74) is 3.51. The molecule has 0 bridgehead atoms. The summed E-state index contributed by atoms with van der Waals surface area (Å²) < 4.78 is 0. The van der Waals surface area contributed by atoms with Gasteiger partial charge in [0, 0.05) is 18.7 Å². The third-order valence-corrected chi connectivity index (χ3v) is 5.79. The Hall–Kier alpha value is -2.16. The molecule has 1 saturated heterocycles. The van der Waals surface area contributed by atoms with E-state index in [1.54, 1.807) is 0 Å². The van der Waals surface area contributed by atoms with E-state index in [0.717, 1.165) is 43.6 Å². The highest BCUT2D eigenvalue weighted by molar-refractivity contribution is 5.77. The van der Waals surface area contributed by atoms with E-state index in [-0.39, 0.29) is 6.04 Å². The van der Waals surface area contributed by atoms with Crippen molar-refractivity contribution in [1.29, 1.82) is 0 Å². The van der Waals surface area contributed by atoms with Gasteiger partial charge in [-0.15, -0.1) is 0 Å². The Bertz CT molecular complexity index is 737. The molecule has 2 aromatic rings. The first kappa shape index (κ1) is 16.3. The summed E-state index contributed by atoms with van der Waals surface area (Å²) in [7, 11) is 0. The molecule has 2 heterocycles.